The van der Waals surface area contributed by atoms with Crippen LogP contribution in [0.2, 0.25) is 5.02 Å². The van der Waals surface area contributed by atoms with Crippen molar-refractivity contribution >= 4 is 28.8 Å². The highest BCUT2D eigenvalue weighted by molar-refractivity contribution is 6.31. The van der Waals surface area contributed by atoms with Gasteiger partial charge in [-0.25, -0.2) is 4.39 Å². The van der Waals surface area contributed by atoms with Crippen LogP contribution in [0.25, 0.3) is 0 Å². The number of hydrogen-bond acceptors (Lipinski definition) is 6. The number of nitro benzene ring substituents is 1. The fourth-order valence-corrected chi connectivity index (χ4v) is 4.90. The van der Waals surface area contributed by atoms with Crippen LogP contribution < -0.4 is 10.6 Å². The number of carbonyl (C=O) groups excluding carboxylic acids is 1. The van der Waals surface area contributed by atoms with Crippen molar-refractivity contribution in [2.24, 2.45) is 11.1 Å². The fourth-order valence-electron chi connectivity index (χ4n) is 4.62. The number of benzene rings is 2. The van der Waals surface area contributed by atoms with E-state index in [1.54, 1.807) is 6.07 Å². The number of nitrogens with two attached hydrogens (primary N) is 1. The van der Waals surface area contributed by atoms with Gasteiger partial charge in [-0.15, -0.1) is 0 Å². The van der Waals surface area contributed by atoms with E-state index < -0.39 is 22.1 Å². The lowest BCUT2D eigenvalue weighted by atomic mass is 9.68. The molecule has 0 aromatic heterocycles. The van der Waals surface area contributed by atoms with Gasteiger partial charge < -0.3 is 5.73 Å². The number of halogens is 2. The molecule has 9 heteroatoms. The Kier molecular flexibility index (Phi) is 5.46. The molecule has 168 valence electrons. The smallest absolute Gasteiger partial charge is 0.271 e. The van der Waals surface area contributed by atoms with E-state index in [2.05, 4.69) is 0 Å². The van der Waals surface area contributed by atoms with E-state index in [0.29, 0.717) is 17.8 Å². The lowest BCUT2D eigenvalue weighted by molar-refractivity contribution is -0.384. The summed E-state index contributed by atoms with van der Waals surface area (Å²) in [6.07, 6.45) is 0.578. The van der Waals surface area contributed by atoms with Gasteiger partial charge in [-0.3, -0.25) is 19.8 Å². The second-order valence-electron chi connectivity index (χ2n) is 8.89. The number of nitriles is 1. The molecule has 4 rings (SSSR count). The second kappa shape index (κ2) is 8.01. The predicted molar refractivity (Wildman–Crippen MR) is 122 cm³/mol. The Labute approximate surface area is 194 Å². The maximum absolute atomic E-state index is 15.0. The molecule has 0 saturated carbocycles. The number of ketones is 1. The third kappa shape index (κ3) is 3.74. The van der Waals surface area contributed by atoms with Crippen LogP contribution in [0.1, 0.15) is 38.2 Å². The van der Waals surface area contributed by atoms with Crippen LogP contribution in [0.15, 0.2) is 65.1 Å². The maximum Gasteiger partial charge on any atom is 0.271 e. The molecule has 2 N–H and O–H groups in total. The summed E-state index contributed by atoms with van der Waals surface area (Å²) >= 11 is 6.34. The second-order valence-corrected chi connectivity index (χ2v) is 9.30. The van der Waals surface area contributed by atoms with Crippen molar-refractivity contribution in [3.05, 3.63) is 91.6 Å². The minimum absolute atomic E-state index is 0.0120. The third-order valence-electron chi connectivity index (χ3n) is 5.97. The van der Waals surface area contributed by atoms with Crippen molar-refractivity contribution in [2.45, 2.75) is 32.6 Å². The lowest BCUT2D eigenvalue weighted by Crippen LogP contribution is -2.42. The van der Waals surface area contributed by atoms with Gasteiger partial charge in [0.25, 0.3) is 5.69 Å². The summed E-state index contributed by atoms with van der Waals surface area (Å²) in [4.78, 5) is 25.8. The van der Waals surface area contributed by atoms with Crippen LogP contribution in [0, 0.1) is 32.7 Å². The summed E-state index contributed by atoms with van der Waals surface area (Å²) in [6, 6.07) is 12.0. The van der Waals surface area contributed by atoms with Gasteiger partial charge in [0.05, 0.1) is 28.2 Å². The van der Waals surface area contributed by atoms with Crippen molar-refractivity contribution in [1.29, 1.82) is 5.26 Å². The van der Waals surface area contributed by atoms with E-state index >= 15 is 0 Å². The molecule has 2 aromatic rings. The van der Waals surface area contributed by atoms with Crippen LogP contribution in [0.5, 0.6) is 0 Å². The van der Waals surface area contributed by atoms with Crippen LogP contribution in [-0.2, 0) is 4.79 Å². The molecule has 0 fully saturated rings. The molecular formula is C24H20ClFN4O3. The van der Waals surface area contributed by atoms with E-state index in [0.717, 1.165) is 0 Å². The first-order valence-electron chi connectivity index (χ1n) is 10.2. The Morgan fingerprint density at radius 2 is 1.97 bits per heavy atom. The molecule has 2 aliphatic rings. The molecule has 1 aliphatic carbocycles. The molecule has 0 bridgehead atoms. The molecule has 1 heterocycles. The normalized spacial score (nSPS) is 19.9. The number of allylic oxidation sites excluding steroid dienone is 3. The first-order chi connectivity index (χ1) is 15.6. The predicted octanol–water partition coefficient (Wildman–Crippen LogP) is 5.33. The Bertz CT molecular complexity index is 1290. The topological polar surface area (TPSA) is 113 Å². The van der Waals surface area contributed by atoms with E-state index in [1.165, 1.54) is 41.3 Å². The Morgan fingerprint density at radius 1 is 1.27 bits per heavy atom. The number of rotatable bonds is 3. The zero-order chi connectivity index (χ0) is 24.1. The number of Topliss-reactive ketones (excluding diaryl/α,β-unsaturated/α-hetero) is 1. The number of non-ortho nitro benzene ring substituents is 1. The number of carbonyl (C=O) groups is 1. The van der Waals surface area contributed by atoms with Crippen molar-refractivity contribution in [3.63, 3.8) is 0 Å². The summed E-state index contributed by atoms with van der Waals surface area (Å²) in [5.41, 5.74) is 6.88. The molecule has 0 saturated heterocycles. The van der Waals surface area contributed by atoms with Crippen LogP contribution in [0.3, 0.4) is 0 Å². The number of nitro groups is 1. The van der Waals surface area contributed by atoms with Gasteiger partial charge in [-0.05, 0) is 30.0 Å². The van der Waals surface area contributed by atoms with Gasteiger partial charge in [0.15, 0.2) is 5.78 Å². The van der Waals surface area contributed by atoms with Gasteiger partial charge in [0.1, 0.15) is 11.6 Å². The Balaban J connectivity index is 2.05. The highest BCUT2D eigenvalue weighted by Crippen LogP contribution is 2.51. The van der Waals surface area contributed by atoms with Crippen molar-refractivity contribution < 1.29 is 14.1 Å². The number of nitrogens with zero attached hydrogens (tertiary/aromatic N) is 3. The average Bonchev–Trinajstić information content (AvgIpc) is 2.72. The van der Waals surface area contributed by atoms with Crippen molar-refractivity contribution in [3.8, 4) is 6.07 Å². The highest BCUT2D eigenvalue weighted by atomic mass is 35.5. The van der Waals surface area contributed by atoms with Gasteiger partial charge in [0, 0.05) is 40.4 Å². The molecule has 1 aliphatic heterocycles. The summed E-state index contributed by atoms with van der Waals surface area (Å²) in [6.45, 7) is 3.84. The minimum atomic E-state index is -1.07. The third-order valence-corrected chi connectivity index (χ3v) is 6.30. The summed E-state index contributed by atoms with van der Waals surface area (Å²) in [5.74, 6) is -1.99. The van der Waals surface area contributed by atoms with Crippen LogP contribution in [0.4, 0.5) is 15.8 Å². The molecular weight excluding hydrogens is 447 g/mol. The average molecular weight is 467 g/mol. The molecule has 2 aromatic carbocycles. The standard InChI is InChI=1S/C24H20ClFN4O3/c1-24(2)10-18-22(19(31)11-24)20(21-16(25)7-4-8-17(21)26)15(12-27)23(28)29(18)13-5-3-6-14(9-13)30(32)33/h3-9,20H,10-11,28H2,1-2H3/t20-/m1/s1. The summed E-state index contributed by atoms with van der Waals surface area (Å²) < 4.78 is 15.0. The van der Waals surface area contributed by atoms with E-state index in [9.17, 15) is 24.6 Å². The summed E-state index contributed by atoms with van der Waals surface area (Å²) in [7, 11) is 0. The van der Waals surface area contributed by atoms with E-state index in [-0.39, 0.29) is 45.4 Å². The Hall–Kier alpha value is -3.70. The highest BCUT2D eigenvalue weighted by Gasteiger charge is 2.46. The van der Waals surface area contributed by atoms with Gasteiger partial charge >= 0.3 is 0 Å². The molecule has 0 spiro atoms. The Morgan fingerprint density at radius 3 is 2.61 bits per heavy atom. The molecule has 7 nitrogen and oxygen atoms in total. The van der Waals surface area contributed by atoms with Crippen LogP contribution >= 0.6 is 11.6 Å². The number of anilines is 1. The quantitative estimate of drug-likeness (QED) is 0.483. The molecule has 0 radical (unpaired) electrons. The van der Waals surface area contributed by atoms with Gasteiger partial charge in [0.2, 0.25) is 0 Å². The summed E-state index contributed by atoms with van der Waals surface area (Å²) in [5, 5.41) is 21.5. The lowest BCUT2D eigenvalue weighted by Gasteiger charge is -2.43. The maximum atomic E-state index is 15.0. The van der Waals surface area contributed by atoms with E-state index in [1.807, 2.05) is 19.9 Å². The zero-order valence-corrected chi connectivity index (χ0v) is 18.7. The largest absolute Gasteiger partial charge is 0.384 e. The molecule has 1 atom stereocenters. The van der Waals surface area contributed by atoms with Gasteiger partial charge in [-0.1, -0.05) is 37.6 Å². The monoisotopic (exact) mass is 466 g/mol. The first-order valence-corrected chi connectivity index (χ1v) is 10.6. The van der Waals surface area contributed by atoms with Crippen molar-refractivity contribution in [2.75, 3.05) is 4.90 Å². The molecule has 0 amide bonds. The van der Waals surface area contributed by atoms with Crippen molar-refractivity contribution in [1.82, 2.24) is 0 Å². The fraction of sp³-hybridized carbons (Fsp3) is 0.250. The first kappa shape index (κ1) is 22.5. The van der Waals surface area contributed by atoms with E-state index in [4.69, 9.17) is 17.3 Å². The van der Waals surface area contributed by atoms with Gasteiger partial charge in [-0.2, -0.15) is 5.26 Å². The van der Waals surface area contributed by atoms with Crippen LogP contribution in [-0.4, -0.2) is 10.7 Å². The zero-order valence-electron chi connectivity index (χ0n) is 17.9. The molecule has 0 unspecified atom stereocenters. The minimum Gasteiger partial charge on any atom is -0.384 e. The number of hydrogen-bond donors (Lipinski definition) is 1. The SMILES string of the molecule is CC1(C)CC(=O)C2=C(C1)N(c1cccc([N+](=O)[O-])c1)C(N)=C(C#N)[C@@H]2c1c(F)cccc1Cl. The molecule has 33 heavy (non-hydrogen) atoms.